The number of rotatable bonds is 3. The number of aryl methyl sites for hydroxylation is 4. The number of benzene rings is 2. The maximum atomic E-state index is 3.50. The Hall–Kier alpha value is -1.60. The third-order valence-corrected chi connectivity index (χ3v) is 5.00. The van der Waals surface area contributed by atoms with Gasteiger partial charge in [-0.25, -0.2) is 0 Å². The van der Waals surface area contributed by atoms with Gasteiger partial charge in [-0.15, -0.1) is 0 Å². The molecule has 0 radical (unpaired) electrons. The zero-order valence-electron chi connectivity index (χ0n) is 13.6. The summed E-state index contributed by atoms with van der Waals surface area (Å²) in [6, 6.07) is 13.5. The van der Waals surface area contributed by atoms with Gasteiger partial charge in [0.2, 0.25) is 0 Å². The Morgan fingerprint density at radius 3 is 2.05 bits per heavy atom. The van der Waals surface area contributed by atoms with Crippen LogP contribution in [0.2, 0.25) is 0 Å². The van der Waals surface area contributed by atoms with E-state index in [2.05, 4.69) is 69.4 Å². The van der Waals surface area contributed by atoms with Crippen LogP contribution >= 0.6 is 0 Å². The number of hydrogen-bond donors (Lipinski definition) is 1. The smallest absolute Gasteiger partial charge is 0.0245 e. The second-order valence-electron chi connectivity index (χ2n) is 6.75. The first-order valence-corrected chi connectivity index (χ1v) is 7.85. The molecule has 2 aromatic rings. The molecule has 1 heterocycles. The van der Waals surface area contributed by atoms with Crippen molar-refractivity contribution in [3.63, 3.8) is 0 Å². The van der Waals surface area contributed by atoms with Gasteiger partial charge in [0.05, 0.1) is 0 Å². The molecule has 1 saturated heterocycles. The van der Waals surface area contributed by atoms with Gasteiger partial charge in [0.15, 0.2) is 0 Å². The summed E-state index contributed by atoms with van der Waals surface area (Å²) >= 11 is 0. The van der Waals surface area contributed by atoms with E-state index in [0.717, 1.165) is 19.5 Å². The van der Waals surface area contributed by atoms with Gasteiger partial charge < -0.3 is 5.32 Å². The number of nitrogens with one attached hydrogen (secondary N) is 1. The zero-order valence-corrected chi connectivity index (χ0v) is 13.6. The maximum Gasteiger partial charge on any atom is 0.0245 e. The third-order valence-electron chi connectivity index (χ3n) is 5.00. The Morgan fingerprint density at radius 1 is 0.905 bits per heavy atom. The van der Waals surface area contributed by atoms with E-state index in [1.165, 1.54) is 33.4 Å². The number of hydrogen-bond acceptors (Lipinski definition) is 1. The summed E-state index contributed by atoms with van der Waals surface area (Å²) in [7, 11) is 0. The second-order valence-corrected chi connectivity index (χ2v) is 6.75. The zero-order chi connectivity index (χ0) is 15.0. The van der Waals surface area contributed by atoms with Crippen LogP contribution in [0.3, 0.4) is 0 Å². The molecule has 3 rings (SSSR count). The molecule has 1 nitrogen and oxygen atoms in total. The van der Waals surface area contributed by atoms with Gasteiger partial charge >= 0.3 is 0 Å². The van der Waals surface area contributed by atoms with Crippen LogP contribution in [0.1, 0.15) is 33.4 Å². The van der Waals surface area contributed by atoms with Crippen LogP contribution in [0.5, 0.6) is 0 Å². The molecule has 1 aliphatic heterocycles. The normalized spacial score (nSPS) is 16.6. The molecule has 0 saturated carbocycles. The molecule has 1 N–H and O–H groups in total. The van der Waals surface area contributed by atoms with Crippen molar-refractivity contribution < 1.29 is 0 Å². The van der Waals surface area contributed by atoms with E-state index in [1.807, 2.05) is 0 Å². The van der Waals surface area contributed by atoms with E-state index in [9.17, 15) is 0 Å². The van der Waals surface area contributed by atoms with Crippen molar-refractivity contribution in [2.45, 2.75) is 39.5 Å². The predicted molar refractivity (Wildman–Crippen MR) is 90.1 cm³/mol. The Kier molecular flexibility index (Phi) is 3.62. The predicted octanol–water partition coefficient (Wildman–Crippen LogP) is 4.00. The minimum absolute atomic E-state index is 0.274. The van der Waals surface area contributed by atoms with E-state index >= 15 is 0 Å². The van der Waals surface area contributed by atoms with E-state index in [1.54, 1.807) is 0 Å². The highest BCUT2D eigenvalue weighted by atomic mass is 15.0. The molecule has 0 aromatic heterocycles. The summed E-state index contributed by atoms with van der Waals surface area (Å²) in [6.45, 7) is 11.1. The molecule has 1 heteroatoms. The van der Waals surface area contributed by atoms with Gasteiger partial charge in [-0.1, -0.05) is 42.0 Å². The highest BCUT2D eigenvalue weighted by Gasteiger charge is 2.40. The molecule has 0 bridgehead atoms. The van der Waals surface area contributed by atoms with Gasteiger partial charge in [0.1, 0.15) is 0 Å². The first-order valence-electron chi connectivity index (χ1n) is 7.85. The minimum atomic E-state index is 0.274. The molecule has 0 aliphatic carbocycles. The molecule has 21 heavy (non-hydrogen) atoms. The van der Waals surface area contributed by atoms with Gasteiger partial charge in [0, 0.05) is 18.5 Å². The third kappa shape index (κ3) is 2.51. The van der Waals surface area contributed by atoms with E-state index in [4.69, 9.17) is 0 Å². The SMILES string of the molecule is Cc1cc(C)c(CC2(c3ccccc3C)CNC2)c(C)c1. The van der Waals surface area contributed by atoms with E-state index in [-0.39, 0.29) is 5.41 Å². The Morgan fingerprint density at radius 2 is 1.52 bits per heavy atom. The van der Waals surface area contributed by atoms with Crippen LogP contribution in [0.25, 0.3) is 0 Å². The van der Waals surface area contributed by atoms with E-state index in [0.29, 0.717) is 0 Å². The molecular formula is C20H25N. The minimum Gasteiger partial charge on any atom is -0.315 e. The van der Waals surface area contributed by atoms with Gasteiger partial charge in [-0.2, -0.15) is 0 Å². The van der Waals surface area contributed by atoms with Gasteiger partial charge in [-0.05, 0) is 61.9 Å². The lowest BCUT2D eigenvalue weighted by molar-refractivity contribution is 0.273. The fraction of sp³-hybridized carbons (Fsp3) is 0.400. The Labute approximate surface area is 128 Å². The quantitative estimate of drug-likeness (QED) is 0.895. The molecule has 0 unspecified atom stereocenters. The lowest BCUT2D eigenvalue weighted by Crippen LogP contribution is -2.58. The highest BCUT2D eigenvalue weighted by molar-refractivity contribution is 5.44. The maximum absolute atomic E-state index is 3.50. The molecule has 2 aromatic carbocycles. The van der Waals surface area contributed by atoms with Crippen molar-refractivity contribution >= 4 is 0 Å². The molecule has 1 fully saturated rings. The van der Waals surface area contributed by atoms with Crippen LogP contribution < -0.4 is 5.32 Å². The first-order chi connectivity index (χ1) is 10.0. The van der Waals surface area contributed by atoms with Crippen molar-refractivity contribution in [2.24, 2.45) is 0 Å². The lowest BCUT2D eigenvalue weighted by Gasteiger charge is -2.45. The molecule has 110 valence electrons. The fourth-order valence-corrected chi connectivity index (χ4v) is 3.83. The summed E-state index contributed by atoms with van der Waals surface area (Å²) in [4.78, 5) is 0. The van der Waals surface area contributed by atoms with Crippen molar-refractivity contribution in [3.8, 4) is 0 Å². The summed E-state index contributed by atoms with van der Waals surface area (Å²) in [5.74, 6) is 0. The van der Waals surface area contributed by atoms with Gasteiger partial charge in [-0.3, -0.25) is 0 Å². The topological polar surface area (TPSA) is 12.0 Å². The molecule has 0 amide bonds. The molecule has 0 atom stereocenters. The molecule has 0 spiro atoms. The average Bonchev–Trinajstić information content (AvgIpc) is 2.37. The van der Waals surface area contributed by atoms with Crippen molar-refractivity contribution in [1.82, 2.24) is 5.32 Å². The van der Waals surface area contributed by atoms with Crippen molar-refractivity contribution in [1.29, 1.82) is 0 Å². The van der Waals surface area contributed by atoms with Crippen LogP contribution in [-0.2, 0) is 11.8 Å². The molecular weight excluding hydrogens is 254 g/mol. The summed E-state index contributed by atoms with van der Waals surface area (Å²) in [5, 5.41) is 3.50. The largest absolute Gasteiger partial charge is 0.315 e. The summed E-state index contributed by atoms with van der Waals surface area (Å²) in [6.07, 6.45) is 1.14. The first kappa shape index (κ1) is 14.3. The van der Waals surface area contributed by atoms with Crippen LogP contribution in [0.4, 0.5) is 0 Å². The second kappa shape index (κ2) is 5.31. The van der Waals surface area contributed by atoms with Crippen LogP contribution in [0.15, 0.2) is 36.4 Å². The van der Waals surface area contributed by atoms with Crippen LogP contribution in [0, 0.1) is 27.7 Å². The van der Waals surface area contributed by atoms with Crippen molar-refractivity contribution in [2.75, 3.05) is 13.1 Å². The van der Waals surface area contributed by atoms with Gasteiger partial charge in [0.25, 0.3) is 0 Å². The van der Waals surface area contributed by atoms with E-state index < -0.39 is 0 Å². The fourth-order valence-electron chi connectivity index (χ4n) is 3.83. The Balaban J connectivity index is 2.01. The average molecular weight is 279 g/mol. The van der Waals surface area contributed by atoms with Crippen LogP contribution in [-0.4, -0.2) is 13.1 Å². The highest BCUT2D eigenvalue weighted by Crippen LogP contribution is 2.36. The standard InChI is InChI=1S/C20H25N/c1-14-9-16(3)18(17(4)10-14)11-20(12-21-13-20)19-8-6-5-7-15(19)2/h5-10,21H,11-13H2,1-4H3. The Bertz CT molecular complexity index is 642. The van der Waals surface area contributed by atoms with Crippen molar-refractivity contribution in [3.05, 3.63) is 69.8 Å². The summed E-state index contributed by atoms with van der Waals surface area (Å²) < 4.78 is 0. The monoisotopic (exact) mass is 279 g/mol. The molecule has 1 aliphatic rings. The lowest BCUT2D eigenvalue weighted by atomic mass is 9.68. The summed E-state index contributed by atoms with van der Waals surface area (Å²) in [5.41, 5.74) is 8.98.